The van der Waals surface area contributed by atoms with Crippen LogP contribution in [-0.4, -0.2) is 6.54 Å². The lowest BCUT2D eigenvalue weighted by molar-refractivity contribution is 0.717. The molecule has 0 saturated carbocycles. The van der Waals surface area contributed by atoms with Crippen molar-refractivity contribution in [3.8, 4) is 0 Å². The Morgan fingerprint density at radius 3 is 2.29 bits per heavy atom. The molecule has 2 rings (SSSR count). The summed E-state index contributed by atoms with van der Waals surface area (Å²) in [7, 11) is 0. The van der Waals surface area contributed by atoms with Crippen LogP contribution in [0.1, 0.15) is 34.7 Å². The number of aryl methyl sites for hydroxylation is 3. The van der Waals surface area contributed by atoms with Crippen LogP contribution in [-0.2, 0) is 12.3 Å². The maximum Gasteiger partial charge on any atom is 0.0232 e. The molecule has 0 saturated heterocycles. The van der Waals surface area contributed by atoms with Gasteiger partial charge in [0.25, 0.3) is 0 Å². The van der Waals surface area contributed by atoms with E-state index in [-0.39, 0.29) is 0 Å². The minimum Gasteiger partial charge on any atom is -0.313 e. The number of hydrogen-bond donors (Lipinski definition) is 1. The Morgan fingerprint density at radius 1 is 0.905 bits per heavy atom. The third-order valence-electron chi connectivity index (χ3n) is 3.46. The van der Waals surface area contributed by atoms with Crippen molar-refractivity contribution >= 4 is 11.8 Å². The smallest absolute Gasteiger partial charge is 0.0232 e. The van der Waals surface area contributed by atoms with Gasteiger partial charge in [0.2, 0.25) is 0 Å². The molecular weight excluding hydrogens is 274 g/mol. The van der Waals surface area contributed by atoms with Gasteiger partial charge in [0.1, 0.15) is 0 Å². The Bertz CT molecular complexity index is 584. The topological polar surface area (TPSA) is 12.0 Å². The molecular formula is C19H25NS. The predicted molar refractivity (Wildman–Crippen MR) is 94.0 cm³/mol. The zero-order valence-corrected chi connectivity index (χ0v) is 14.3. The number of benzene rings is 2. The molecule has 0 atom stereocenters. The third-order valence-corrected chi connectivity index (χ3v) is 4.64. The lowest BCUT2D eigenvalue weighted by Gasteiger charge is -2.11. The lowest BCUT2D eigenvalue weighted by atomic mass is 10.1. The first-order valence-corrected chi connectivity index (χ1v) is 8.57. The summed E-state index contributed by atoms with van der Waals surface area (Å²) in [4.78, 5) is 1.39. The Kier molecular flexibility index (Phi) is 5.89. The molecule has 1 nitrogen and oxygen atoms in total. The predicted octanol–water partition coefficient (Wildman–Crippen LogP) is 5.01. The number of nitrogens with one attached hydrogen (secondary N) is 1. The molecule has 2 heteroatoms. The Balaban J connectivity index is 2.11. The first-order chi connectivity index (χ1) is 10.1. The highest BCUT2D eigenvalue weighted by Gasteiger charge is 2.05. The van der Waals surface area contributed by atoms with Gasteiger partial charge in [-0.05, 0) is 44.5 Å². The summed E-state index contributed by atoms with van der Waals surface area (Å²) in [5.41, 5.74) is 6.85. The van der Waals surface area contributed by atoms with Crippen LogP contribution in [0.15, 0.2) is 41.3 Å². The summed E-state index contributed by atoms with van der Waals surface area (Å²) in [6.45, 7) is 10.6. The first kappa shape index (κ1) is 16.1. The molecule has 0 heterocycles. The molecule has 0 aliphatic heterocycles. The van der Waals surface area contributed by atoms with Crippen molar-refractivity contribution in [1.29, 1.82) is 0 Å². The van der Waals surface area contributed by atoms with Crippen molar-refractivity contribution in [2.75, 3.05) is 6.54 Å². The number of rotatable bonds is 6. The highest BCUT2D eigenvalue weighted by atomic mass is 32.2. The molecule has 0 radical (unpaired) electrons. The number of hydrogen-bond acceptors (Lipinski definition) is 2. The normalized spacial score (nSPS) is 10.9. The van der Waals surface area contributed by atoms with Gasteiger partial charge in [-0.25, -0.2) is 0 Å². The number of thioether (sulfide) groups is 1. The highest BCUT2D eigenvalue weighted by molar-refractivity contribution is 7.98. The van der Waals surface area contributed by atoms with Crippen LogP contribution in [0, 0.1) is 20.8 Å². The van der Waals surface area contributed by atoms with Crippen molar-refractivity contribution < 1.29 is 0 Å². The maximum atomic E-state index is 3.44. The summed E-state index contributed by atoms with van der Waals surface area (Å²) >= 11 is 1.94. The molecule has 112 valence electrons. The second kappa shape index (κ2) is 7.67. The van der Waals surface area contributed by atoms with Crippen molar-refractivity contribution in [1.82, 2.24) is 5.32 Å². The second-order valence-electron chi connectivity index (χ2n) is 5.68. The van der Waals surface area contributed by atoms with E-state index < -0.39 is 0 Å². The fourth-order valence-corrected chi connectivity index (χ4v) is 3.53. The monoisotopic (exact) mass is 299 g/mol. The van der Waals surface area contributed by atoms with Crippen LogP contribution in [0.4, 0.5) is 0 Å². The summed E-state index contributed by atoms with van der Waals surface area (Å²) in [6, 6.07) is 13.6. The lowest BCUT2D eigenvalue weighted by Crippen LogP contribution is -2.12. The van der Waals surface area contributed by atoms with Crippen molar-refractivity contribution in [3.63, 3.8) is 0 Å². The summed E-state index contributed by atoms with van der Waals surface area (Å²) in [5.74, 6) is 1.03. The standard InChI is InChI=1S/C19H25NS/c1-5-20-12-18-11-14(2)6-7-19(18)21-13-17-9-15(3)8-16(4)10-17/h6-11,20H,5,12-13H2,1-4H3. The molecule has 21 heavy (non-hydrogen) atoms. The van der Waals surface area contributed by atoms with Gasteiger partial charge in [0.05, 0.1) is 0 Å². The molecule has 0 bridgehead atoms. The minimum atomic E-state index is 0.952. The van der Waals surface area contributed by atoms with Crippen LogP contribution >= 0.6 is 11.8 Å². The second-order valence-corrected chi connectivity index (χ2v) is 6.69. The van der Waals surface area contributed by atoms with Gasteiger partial charge < -0.3 is 5.32 Å². The van der Waals surface area contributed by atoms with E-state index in [0.29, 0.717) is 0 Å². The van der Waals surface area contributed by atoms with E-state index in [1.165, 1.54) is 32.7 Å². The Morgan fingerprint density at radius 2 is 1.62 bits per heavy atom. The van der Waals surface area contributed by atoms with E-state index >= 15 is 0 Å². The van der Waals surface area contributed by atoms with E-state index in [1.54, 1.807) is 0 Å². The molecule has 0 aromatic heterocycles. The average molecular weight is 299 g/mol. The minimum absolute atomic E-state index is 0.952. The fraction of sp³-hybridized carbons (Fsp3) is 0.368. The quantitative estimate of drug-likeness (QED) is 0.752. The Hall–Kier alpha value is -1.25. The van der Waals surface area contributed by atoms with Crippen LogP contribution in [0.3, 0.4) is 0 Å². The van der Waals surface area contributed by atoms with E-state index in [9.17, 15) is 0 Å². The molecule has 2 aromatic rings. The molecule has 1 N–H and O–H groups in total. The molecule has 0 spiro atoms. The van der Waals surface area contributed by atoms with E-state index in [1.807, 2.05) is 11.8 Å². The van der Waals surface area contributed by atoms with Crippen molar-refractivity contribution in [3.05, 3.63) is 64.2 Å². The highest BCUT2D eigenvalue weighted by Crippen LogP contribution is 2.28. The van der Waals surface area contributed by atoms with E-state index in [2.05, 4.69) is 69.4 Å². The molecule has 0 aliphatic rings. The summed E-state index contributed by atoms with van der Waals surface area (Å²) in [6.07, 6.45) is 0. The summed E-state index contributed by atoms with van der Waals surface area (Å²) < 4.78 is 0. The van der Waals surface area contributed by atoms with Gasteiger partial charge in [-0.1, -0.05) is 53.9 Å². The van der Waals surface area contributed by atoms with Crippen LogP contribution in [0.5, 0.6) is 0 Å². The van der Waals surface area contributed by atoms with Gasteiger partial charge in [-0.15, -0.1) is 11.8 Å². The SMILES string of the molecule is CCNCc1cc(C)ccc1SCc1cc(C)cc(C)c1. The van der Waals surface area contributed by atoms with Gasteiger partial charge in [0.15, 0.2) is 0 Å². The van der Waals surface area contributed by atoms with E-state index in [0.717, 1.165) is 18.8 Å². The van der Waals surface area contributed by atoms with Gasteiger partial charge in [0, 0.05) is 17.2 Å². The average Bonchev–Trinajstić information content (AvgIpc) is 2.43. The zero-order valence-electron chi connectivity index (χ0n) is 13.5. The van der Waals surface area contributed by atoms with Gasteiger partial charge in [-0.3, -0.25) is 0 Å². The maximum absolute atomic E-state index is 3.44. The zero-order chi connectivity index (χ0) is 15.2. The van der Waals surface area contributed by atoms with Crippen molar-refractivity contribution in [2.24, 2.45) is 0 Å². The molecule has 0 aliphatic carbocycles. The third kappa shape index (κ3) is 4.90. The summed E-state index contributed by atoms with van der Waals surface area (Å²) in [5, 5.41) is 3.44. The largest absolute Gasteiger partial charge is 0.313 e. The fourth-order valence-electron chi connectivity index (χ4n) is 2.56. The molecule has 0 amide bonds. The van der Waals surface area contributed by atoms with Crippen molar-refractivity contribution in [2.45, 2.75) is 44.9 Å². The van der Waals surface area contributed by atoms with Crippen LogP contribution in [0.2, 0.25) is 0 Å². The first-order valence-electron chi connectivity index (χ1n) is 7.58. The molecule has 2 aromatic carbocycles. The molecule has 0 fully saturated rings. The van der Waals surface area contributed by atoms with E-state index in [4.69, 9.17) is 0 Å². The van der Waals surface area contributed by atoms with Gasteiger partial charge >= 0.3 is 0 Å². The Labute approximate surface area is 133 Å². The molecule has 0 unspecified atom stereocenters. The van der Waals surface area contributed by atoms with Crippen LogP contribution < -0.4 is 5.32 Å². The van der Waals surface area contributed by atoms with Crippen LogP contribution in [0.25, 0.3) is 0 Å². The van der Waals surface area contributed by atoms with Gasteiger partial charge in [-0.2, -0.15) is 0 Å².